The molecule has 0 radical (unpaired) electrons. The molecule has 0 spiro atoms. The van der Waals surface area contributed by atoms with Crippen LogP contribution in [0, 0.1) is 5.82 Å². The number of thioether (sulfide) groups is 1. The highest BCUT2D eigenvalue weighted by Gasteiger charge is 2.23. The maximum Gasteiger partial charge on any atom is 0.173 e. The summed E-state index contributed by atoms with van der Waals surface area (Å²) in [6.45, 7) is 0.462. The van der Waals surface area contributed by atoms with Crippen molar-refractivity contribution in [2.75, 3.05) is 6.26 Å². The fourth-order valence-electron chi connectivity index (χ4n) is 2.56. The maximum atomic E-state index is 14.2. The van der Waals surface area contributed by atoms with Crippen molar-refractivity contribution in [3.8, 4) is 0 Å². The molecule has 0 bridgehead atoms. The summed E-state index contributed by atoms with van der Waals surface area (Å²) in [7, 11) is 0. The van der Waals surface area contributed by atoms with E-state index in [1.54, 1.807) is 12.1 Å². The van der Waals surface area contributed by atoms with Gasteiger partial charge in [-0.05, 0) is 31.6 Å². The normalized spacial score (nSPS) is 23.2. The lowest BCUT2D eigenvalue weighted by molar-refractivity contribution is 0.318. The molecule has 2 unspecified atom stereocenters. The van der Waals surface area contributed by atoms with E-state index >= 15 is 0 Å². The Labute approximate surface area is 122 Å². The Bertz CT molecular complexity index is 495. The van der Waals surface area contributed by atoms with Crippen LogP contribution in [-0.4, -0.2) is 28.6 Å². The Morgan fingerprint density at radius 1 is 1.55 bits per heavy atom. The molecule has 1 aromatic carbocycles. The molecule has 110 valence electrons. The van der Waals surface area contributed by atoms with Crippen LogP contribution in [0.5, 0.6) is 0 Å². The predicted molar refractivity (Wildman–Crippen MR) is 80.7 cm³/mol. The Morgan fingerprint density at radius 3 is 3.00 bits per heavy atom. The monoisotopic (exact) mass is 297 g/mol. The Morgan fingerprint density at radius 2 is 2.35 bits per heavy atom. The minimum absolute atomic E-state index is 0.139. The molecular formula is C14H20FN3OS. The summed E-state index contributed by atoms with van der Waals surface area (Å²) in [5.41, 5.74) is 6.14. The zero-order chi connectivity index (χ0) is 14.5. The van der Waals surface area contributed by atoms with Crippen LogP contribution < -0.4 is 11.1 Å². The quantitative estimate of drug-likeness (QED) is 0.337. The number of halogens is 1. The van der Waals surface area contributed by atoms with E-state index in [2.05, 4.69) is 16.7 Å². The van der Waals surface area contributed by atoms with Crippen LogP contribution in [0.2, 0.25) is 0 Å². The number of hydrogen-bond acceptors (Lipinski definition) is 4. The fraction of sp³-hybridized carbons (Fsp3) is 0.500. The highest BCUT2D eigenvalue weighted by atomic mass is 32.2. The molecule has 4 nitrogen and oxygen atoms in total. The van der Waals surface area contributed by atoms with E-state index in [4.69, 9.17) is 10.9 Å². The van der Waals surface area contributed by atoms with Gasteiger partial charge in [-0.2, -0.15) is 11.8 Å². The summed E-state index contributed by atoms with van der Waals surface area (Å²) in [4.78, 5) is 0. The van der Waals surface area contributed by atoms with Crippen molar-refractivity contribution < 1.29 is 9.60 Å². The summed E-state index contributed by atoms with van der Waals surface area (Å²) >= 11 is 1.90. The second-order valence-electron chi connectivity index (χ2n) is 5.01. The molecule has 2 atom stereocenters. The van der Waals surface area contributed by atoms with Gasteiger partial charge in [-0.15, -0.1) is 0 Å². The minimum atomic E-state index is -0.422. The lowest BCUT2D eigenvalue weighted by Crippen LogP contribution is -2.27. The summed E-state index contributed by atoms with van der Waals surface area (Å²) in [5.74, 6) is -0.623. The Balaban J connectivity index is 2.00. The molecular weight excluding hydrogens is 277 g/mol. The lowest BCUT2D eigenvalue weighted by atomic mass is 10.1. The molecule has 1 aromatic rings. The summed E-state index contributed by atoms with van der Waals surface area (Å²) < 4.78 is 14.2. The van der Waals surface area contributed by atoms with Gasteiger partial charge in [0.05, 0.1) is 5.56 Å². The van der Waals surface area contributed by atoms with Gasteiger partial charge in [0.2, 0.25) is 0 Å². The molecule has 0 aliphatic heterocycles. The molecule has 0 aromatic heterocycles. The Hall–Kier alpha value is -1.27. The van der Waals surface area contributed by atoms with Gasteiger partial charge in [-0.1, -0.05) is 17.3 Å². The van der Waals surface area contributed by atoms with Gasteiger partial charge in [0.15, 0.2) is 5.84 Å². The minimum Gasteiger partial charge on any atom is -0.409 e. The molecule has 0 amide bonds. The average molecular weight is 297 g/mol. The third-order valence-corrected chi connectivity index (χ3v) is 4.86. The zero-order valence-corrected chi connectivity index (χ0v) is 12.3. The first-order valence-corrected chi connectivity index (χ1v) is 7.96. The van der Waals surface area contributed by atoms with Gasteiger partial charge in [0.1, 0.15) is 5.82 Å². The lowest BCUT2D eigenvalue weighted by Gasteiger charge is -2.14. The predicted octanol–water partition coefficient (Wildman–Crippen LogP) is 2.29. The van der Waals surface area contributed by atoms with Gasteiger partial charge in [0, 0.05) is 23.4 Å². The average Bonchev–Trinajstić information content (AvgIpc) is 2.93. The summed E-state index contributed by atoms with van der Waals surface area (Å²) in [5, 5.41) is 15.6. The van der Waals surface area contributed by atoms with E-state index < -0.39 is 5.82 Å². The standard InChI is InChI=1S/C14H20FN3OS/c1-20-11-6-5-10(7-11)17-8-9-3-2-4-12(13(9)15)14(16)18-19/h2-4,10-11,17,19H,5-8H2,1H3,(H2,16,18). The fourth-order valence-corrected chi connectivity index (χ4v) is 3.36. The number of hydrogen-bond donors (Lipinski definition) is 3. The van der Waals surface area contributed by atoms with Crippen molar-refractivity contribution in [3.63, 3.8) is 0 Å². The number of nitrogens with two attached hydrogens (primary N) is 1. The number of nitrogens with one attached hydrogen (secondary N) is 1. The van der Waals surface area contributed by atoms with Gasteiger partial charge in [0.25, 0.3) is 0 Å². The second kappa shape index (κ2) is 6.95. The Kier molecular flexibility index (Phi) is 5.25. The third-order valence-electron chi connectivity index (χ3n) is 3.76. The molecule has 2 rings (SSSR count). The van der Waals surface area contributed by atoms with Crippen LogP contribution in [0.3, 0.4) is 0 Å². The van der Waals surface area contributed by atoms with Crippen LogP contribution in [0.1, 0.15) is 30.4 Å². The molecule has 0 saturated heterocycles. The molecule has 1 aliphatic rings. The number of benzene rings is 1. The number of nitrogens with zero attached hydrogens (tertiary/aromatic N) is 1. The van der Waals surface area contributed by atoms with Crippen molar-refractivity contribution in [1.29, 1.82) is 0 Å². The number of rotatable bonds is 5. The molecule has 4 N–H and O–H groups in total. The van der Waals surface area contributed by atoms with Crippen LogP contribution in [0.25, 0.3) is 0 Å². The van der Waals surface area contributed by atoms with Crippen molar-refractivity contribution in [2.45, 2.75) is 37.1 Å². The highest BCUT2D eigenvalue weighted by Crippen LogP contribution is 2.28. The van der Waals surface area contributed by atoms with E-state index in [1.165, 1.54) is 12.5 Å². The van der Waals surface area contributed by atoms with Crippen LogP contribution in [0.15, 0.2) is 23.4 Å². The molecule has 6 heteroatoms. The number of oxime groups is 1. The molecule has 0 heterocycles. The van der Waals surface area contributed by atoms with Crippen molar-refractivity contribution in [1.82, 2.24) is 5.32 Å². The van der Waals surface area contributed by atoms with E-state index in [9.17, 15) is 4.39 Å². The van der Waals surface area contributed by atoms with Gasteiger partial charge < -0.3 is 16.3 Å². The van der Waals surface area contributed by atoms with Crippen molar-refractivity contribution in [2.24, 2.45) is 10.9 Å². The first-order chi connectivity index (χ1) is 9.65. The largest absolute Gasteiger partial charge is 0.409 e. The third kappa shape index (κ3) is 3.43. The van der Waals surface area contributed by atoms with E-state index in [1.807, 2.05) is 11.8 Å². The van der Waals surface area contributed by atoms with E-state index in [0.29, 0.717) is 23.4 Å². The number of amidine groups is 1. The molecule has 20 heavy (non-hydrogen) atoms. The first-order valence-electron chi connectivity index (χ1n) is 6.67. The maximum absolute atomic E-state index is 14.2. The summed E-state index contributed by atoms with van der Waals surface area (Å²) in [6.07, 6.45) is 5.61. The van der Waals surface area contributed by atoms with Gasteiger partial charge in [-0.25, -0.2) is 4.39 Å². The highest BCUT2D eigenvalue weighted by molar-refractivity contribution is 7.99. The first kappa shape index (κ1) is 15.1. The van der Waals surface area contributed by atoms with Crippen molar-refractivity contribution >= 4 is 17.6 Å². The van der Waals surface area contributed by atoms with Gasteiger partial charge >= 0.3 is 0 Å². The molecule has 1 saturated carbocycles. The van der Waals surface area contributed by atoms with Crippen LogP contribution in [0.4, 0.5) is 4.39 Å². The molecule has 1 fully saturated rings. The summed E-state index contributed by atoms with van der Waals surface area (Å²) in [6, 6.07) is 5.39. The van der Waals surface area contributed by atoms with E-state index in [-0.39, 0.29) is 11.4 Å². The molecule has 1 aliphatic carbocycles. The van der Waals surface area contributed by atoms with Crippen molar-refractivity contribution in [3.05, 3.63) is 35.1 Å². The SMILES string of the molecule is CSC1CCC(NCc2cccc(/C(N)=N/O)c2F)C1. The van der Waals surface area contributed by atoms with Crippen LogP contribution >= 0.6 is 11.8 Å². The topological polar surface area (TPSA) is 70.6 Å². The second-order valence-corrected chi connectivity index (χ2v) is 6.15. The smallest absolute Gasteiger partial charge is 0.173 e. The van der Waals surface area contributed by atoms with E-state index in [0.717, 1.165) is 12.8 Å². The van der Waals surface area contributed by atoms with Gasteiger partial charge in [-0.3, -0.25) is 0 Å². The zero-order valence-electron chi connectivity index (χ0n) is 11.5. The van der Waals surface area contributed by atoms with Crippen LogP contribution in [-0.2, 0) is 6.54 Å².